The molecule has 1 amide bonds. The average Bonchev–Trinajstić information content (AvgIpc) is 3.29. The Morgan fingerprint density at radius 2 is 1.96 bits per heavy atom. The number of fused-ring (bicyclic) bond motifs is 3. The Hall–Kier alpha value is -2.91. The number of rotatable bonds is 2. The second-order valence-electron chi connectivity index (χ2n) is 7.36. The van der Waals surface area contributed by atoms with Gasteiger partial charge in [0.25, 0.3) is 15.9 Å². The molecule has 4 heterocycles. The van der Waals surface area contributed by atoms with E-state index in [0.29, 0.717) is 35.4 Å². The highest BCUT2D eigenvalue weighted by atomic mass is 32.2. The van der Waals surface area contributed by atoms with E-state index in [2.05, 4.69) is 20.5 Å². The molecule has 1 unspecified atom stereocenters. The molecule has 5 rings (SSSR count). The Kier molecular flexibility index (Phi) is 3.56. The van der Waals surface area contributed by atoms with E-state index in [0.717, 1.165) is 6.54 Å². The zero-order valence-electron chi connectivity index (χ0n) is 15.2. The topological polar surface area (TPSA) is 96.3 Å². The Balaban J connectivity index is 1.65. The lowest BCUT2D eigenvalue weighted by molar-refractivity contribution is -0.120. The third-order valence-corrected chi connectivity index (χ3v) is 7.17. The Morgan fingerprint density at radius 3 is 2.68 bits per heavy atom. The number of carbonyl (C=O) groups excluding carboxylic acids is 1. The molecule has 3 aromatic rings. The van der Waals surface area contributed by atoms with Crippen LogP contribution in [-0.2, 0) is 14.8 Å². The fourth-order valence-corrected chi connectivity index (χ4v) is 5.34. The molecule has 1 aromatic carbocycles. The molecule has 1 saturated heterocycles. The fraction of sp³-hybridized carbons (Fsp3) is 0.263. The highest BCUT2D eigenvalue weighted by Gasteiger charge is 2.47. The molecular weight excluding hydrogens is 378 g/mol. The minimum Gasteiger partial charge on any atom is -0.368 e. The van der Waals surface area contributed by atoms with Crippen LogP contribution in [0.3, 0.4) is 0 Å². The molecular formula is C19H19N5O3S. The lowest BCUT2D eigenvalue weighted by atomic mass is 9.93. The number of carbonyl (C=O) groups is 1. The van der Waals surface area contributed by atoms with Gasteiger partial charge in [-0.3, -0.25) is 4.79 Å². The largest absolute Gasteiger partial charge is 0.368 e. The van der Waals surface area contributed by atoms with Crippen LogP contribution in [0.2, 0.25) is 0 Å². The number of aromatic nitrogens is 2. The quantitative estimate of drug-likeness (QED) is 0.683. The van der Waals surface area contributed by atoms with Crippen LogP contribution >= 0.6 is 0 Å². The second kappa shape index (κ2) is 5.79. The summed E-state index contributed by atoms with van der Waals surface area (Å²) in [5, 5.41) is 6.99. The van der Waals surface area contributed by atoms with Crippen LogP contribution < -0.4 is 10.6 Å². The minimum absolute atomic E-state index is 0.0816. The molecule has 2 aromatic heterocycles. The maximum Gasteiger partial charge on any atom is 0.269 e. The molecule has 0 saturated carbocycles. The van der Waals surface area contributed by atoms with E-state index in [9.17, 15) is 13.2 Å². The molecule has 9 heteroatoms. The normalized spacial score (nSPS) is 22.2. The summed E-state index contributed by atoms with van der Waals surface area (Å²) in [4.78, 5) is 19.3. The van der Waals surface area contributed by atoms with Crippen molar-refractivity contribution in [3.8, 4) is 0 Å². The van der Waals surface area contributed by atoms with Crippen LogP contribution in [0, 0.1) is 0 Å². The molecule has 2 aliphatic rings. The summed E-state index contributed by atoms with van der Waals surface area (Å²) in [6.45, 7) is 1.40. The van der Waals surface area contributed by atoms with Crippen molar-refractivity contribution in [1.82, 2.24) is 13.9 Å². The van der Waals surface area contributed by atoms with Crippen molar-refractivity contribution < 1.29 is 13.2 Å². The SMILES string of the molecule is CN1CCC2(C1)Nc1c(cnc3c1ccn3S(=O)(=O)c1ccccc1)NC2=O. The molecule has 2 N–H and O–H groups in total. The van der Waals surface area contributed by atoms with Crippen molar-refractivity contribution >= 4 is 38.3 Å². The first-order chi connectivity index (χ1) is 13.4. The van der Waals surface area contributed by atoms with Crippen molar-refractivity contribution in [1.29, 1.82) is 0 Å². The summed E-state index contributed by atoms with van der Waals surface area (Å²) in [6, 6.07) is 9.98. The first kappa shape index (κ1) is 17.2. The number of pyridine rings is 1. The molecule has 0 radical (unpaired) electrons. The van der Waals surface area contributed by atoms with Gasteiger partial charge in [-0.2, -0.15) is 0 Å². The Morgan fingerprint density at radius 1 is 1.18 bits per heavy atom. The highest BCUT2D eigenvalue weighted by molar-refractivity contribution is 7.90. The maximum atomic E-state index is 13.0. The number of likely N-dealkylation sites (N-methyl/N-ethyl adjacent to an activating group) is 1. The van der Waals surface area contributed by atoms with Crippen molar-refractivity contribution in [2.75, 3.05) is 30.8 Å². The number of hydrogen-bond donors (Lipinski definition) is 2. The van der Waals surface area contributed by atoms with Crippen LogP contribution in [0.15, 0.2) is 53.7 Å². The molecule has 28 heavy (non-hydrogen) atoms. The second-order valence-corrected chi connectivity index (χ2v) is 9.18. The summed E-state index contributed by atoms with van der Waals surface area (Å²) in [5.74, 6) is -0.0816. The van der Waals surface area contributed by atoms with E-state index >= 15 is 0 Å². The number of benzene rings is 1. The van der Waals surface area contributed by atoms with Gasteiger partial charge in [-0.1, -0.05) is 18.2 Å². The van der Waals surface area contributed by atoms with Gasteiger partial charge in [0, 0.05) is 24.7 Å². The summed E-state index contributed by atoms with van der Waals surface area (Å²) in [5.41, 5.74) is 0.887. The molecule has 144 valence electrons. The van der Waals surface area contributed by atoms with Crippen molar-refractivity contribution in [2.24, 2.45) is 0 Å². The predicted molar refractivity (Wildman–Crippen MR) is 106 cm³/mol. The van der Waals surface area contributed by atoms with Gasteiger partial charge in [0.05, 0.1) is 22.5 Å². The van der Waals surface area contributed by atoms with Gasteiger partial charge in [-0.05, 0) is 31.7 Å². The van der Waals surface area contributed by atoms with Gasteiger partial charge in [-0.15, -0.1) is 0 Å². The lowest BCUT2D eigenvalue weighted by Crippen LogP contribution is -2.54. The standard InChI is InChI=1S/C19H19N5O3S/c1-23-10-8-19(12-23)18(25)21-15-11-20-17-14(16(15)22-19)7-9-24(17)28(26,27)13-5-3-2-4-6-13/h2-7,9,11,22H,8,10,12H2,1H3,(H,21,25). The van der Waals surface area contributed by atoms with Crippen molar-refractivity contribution in [3.63, 3.8) is 0 Å². The molecule has 2 aliphatic heterocycles. The van der Waals surface area contributed by atoms with E-state index in [1.165, 1.54) is 16.4 Å². The third-order valence-electron chi connectivity index (χ3n) is 5.49. The zero-order chi connectivity index (χ0) is 19.5. The van der Waals surface area contributed by atoms with Gasteiger partial charge >= 0.3 is 0 Å². The van der Waals surface area contributed by atoms with Gasteiger partial charge in [0.2, 0.25) is 0 Å². The van der Waals surface area contributed by atoms with Gasteiger partial charge in [-0.25, -0.2) is 17.4 Å². The first-order valence-electron chi connectivity index (χ1n) is 9.00. The summed E-state index contributed by atoms with van der Waals surface area (Å²) >= 11 is 0. The summed E-state index contributed by atoms with van der Waals surface area (Å²) in [7, 11) is -1.79. The van der Waals surface area contributed by atoms with Crippen LogP contribution in [0.4, 0.5) is 11.4 Å². The monoisotopic (exact) mass is 397 g/mol. The smallest absolute Gasteiger partial charge is 0.269 e. The average molecular weight is 397 g/mol. The molecule has 8 nitrogen and oxygen atoms in total. The number of likely N-dealkylation sites (tertiary alicyclic amines) is 1. The van der Waals surface area contributed by atoms with Gasteiger partial charge in [0.15, 0.2) is 5.65 Å². The van der Waals surface area contributed by atoms with Crippen LogP contribution in [-0.4, -0.2) is 53.9 Å². The van der Waals surface area contributed by atoms with Crippen LogP contribution in [0.25, 0.3) is 11.0 Å². The zero-order valence-corrected chi connectivity index (χ0v) is 16.0. The minimum atomic E-state index is -3.77. The van der Waals surface area contributed by atoms with Gasteiger partial charge < -0.3 is 15.5 Å². The number of anilines is 2. The van der Waals surface area contributed by atoms with E-state index in [1.54, 1.807) is 36.4 Å². The van der Waals surface area contributed by atoms with Crippen LogP contribution in [0.1, 0.15) is 6.42 Å². The molecule has 1 atom stereocenters. The van der Waals surface area contributed by atoms with E-state index in [-0.39, 0.29) is 10.8 Å². The molecule has 0 aliphatic carbocycles. The lowest BCUT2D eigenvalue weighted by Gasteiger charge is -2.35. The Labute approximate surface area is 162 Å². The first-order valence-corrected chi connectivity index (χ1v) is 10.4. The predicted octanol–water partition coefficient (Wildman–Crippen LogP) is 1.71. The number of hydrogen-bond acceptors (Lipinski definition) is 6. The molecule has 1 spiro atoms. The van der Waals surface area contributed by atoms with Crippen molar-refractivity contribution in [3.05, 3.63) is 48.8 Å². The van der Waals surface area contributed by atoms with Gasteiger partial charge in [0.1, 0.15) is 5.54 Å². The summed E-state index contributed by atoms with van der Waals surface area (Å²) in [6.07, 6.45) is 3.69. The fourth-order valence-electron chi connectivity index (χ4n) is 4.02. The van der Waals surface area contributed by atoms with Crippen LogP contribution in [0.5, 0.6) is 0 Å². The summed E-state index contributed by atoms with van der Waals surface area (Å²) < 4.78 is 27.3. The van der Waals surface area contributed by atoms with E-state index < -0.39 is 15.6 Å². The number of nitrogens with zero attached hydrogens (tertiary/aromatic N) is 3. The van der Waals surface area contributed by atoms with E-state index in [1.807, 2.05) is 7.05 Å². The van der Waals surface area contributed by atoms with Crippen molar-refractivity contribution in [2.45, 2.75) is 16.9 Å². The molecule has 1 fully saturated rings. The number of nitrogens with one attached hydrogen (secondary N) is 2. The maximum absolute atomic E-state index is 13.0. The highest BCUT2D eigenvalue weighted by Crippen LogP contribution is 2.40. The van der Waals surface area contributed by atoms with E-state index in [4.69, 9.17) is 0 Å². The number of amides is 1. The molecule has 0 bridgehead atoms. The Bertz CT molecular complexity index is 1210. The third kappa shape index (κ3) is 2.36.